The Balaban J connectivity index is 1.43. The lowest BCUT2D eigenvalue weighted by Gasteiger charge is -2.28. The van der Waals surface area contributed by atoms with Gasteiger partial charge in [0.05, 0.1) is 17.4 Å². The molecule has 1 aromatic heterocycles. The van der Waals surface area contributed by atoms with Crippen LogP contribution >= 0.6 is 0 Å². The van der Waals surface area contributed by atoms with E-state index in [1.165, 1.54) is 18.9 Å². The van der Waals surface area contributed by atoms with Crippen LogP contribution in [-0.4, -0.2) is 51.4 Å². The predicted molar refractivity (Wildman–Crippen MR) is 113 cm³/mol. The molecule has 1 amide bonds. The number of hydrogen-bond acceptors (Lipinski definition) is 3. The number of imidazole rings is 1. The summed E-state index contributed by atoms with van der Waals surface area (Å²) in [4.78, 5) is 22.8. The Morgan fingerprint density at radius 2 is 2.13 bits per heavy atom. The summed E-state index contributed by atoms with van der Waals surface area (Å²) in [5.74, 6) is 0.886. The Morgan fingerprint density at radius 1 is 1.30 bits per heavy atom. The van der Waals surface area contributed by atoms with Gasteiger partial charge >= 0.3 is 0 Å². The molecule has 2 aromatic rings. The van der Waals surface area contributed by atoms with Gasteiger partial charge in [-0.15, -0.1) is 0 Å². The molecule has 1 spiro atoms. The molecule has 5 rings (SSSR count). The zero-order valence-corrected chi connectivity index (χ0v) is 17.9. The predicted octanol–water partition coefficient (Wildman–Crippen LogP) is 3.83. The van der Waals surface area contributed by atoms with Gasteiger partial charge in [0.1, 0.15) is 5.82 Å². The number of halogens is 1. The summed E-state index contributed by atoms with van der Waals surface area (Å²) in [6.07, 6.45) is 7.41. The van der Waals surface area contributed by atoms with Gasteiger partial charge in [0.15, 0.2) is 0 Å². The van der Waals surface area contributed by atoms with Gasteiger partial charge in [0.25, 0.3) is 0 Å². The maximum atomic E-state index is 13.7. The molecule has 3 fully saturated rings. The molecule has 1 aromatic carbocycles. The monoisotopic (exact) mass is 410 g/mol. The summed E-state index contributed by atoms with van der Waals surface area (Å²) in [6.45, 7) is 8.23. The minimum atomic E-state index is -0.404. The molecule has 0 unspecified atom stereocenters. The number of likely N-dealkylation sites (tertiary alicyclic amines) is 2. The molecule has 6 heteroatoms. The molecular formula is C24H31FN4O. The van der Waals surface area contributed by atoms with Crippen molar-refractivity contribution in [1.82, 2.24) is 19.4 Å². The fraction of sp³-hybridized carbons (Fsp3) is 0.583. The fourth-order valence-corrected chi connectivity index (χ4v) is 5.33. The Labute approximate surface area is 177 Å². The summed E-state index contributed by atoms with van der Waals surface area (Å²) in [7, 11) is 0. The van der Waals surface area contributed by atoms with E-state index < -0.39 is 5.41 Å². The third-order valence-electron chi connectivity index (χ3n) is 7.20. The second-order valence-electron chi connectivity index (χ2n) is 9.79. The molecule has 2 saturated heterocycles. The quantitative estimate of drug-likeness (QED) is 0.727. The Morgan fingerprint density at radius 3 is 2.83 bits per heavy atom. The summed E-state index contributed by atoms with van der Waals surface area (Å²) in [6, 6.07) is 7.15. The first kappa shape index (κ1) is 19.7. The van der Waals surface area contributed by atoms with Crippen molar-refractivity contribution < 1.29 is 9.18 Å². The van der Waals surface area contributed by atoms with Crippen LogP contribution in [-0.2, 0) is 11.3 Å². The van der Waals surface area contributed by atoms with Crippen LogP contribution in [0.5, 0.6) is 0 Å². The van der Waals surface area contributed by atoms with Crippen molar-refractivity contribution in [2.24, 2.45) is 11.3 Å². The molecule has 3 heterocycles. The highest BCUT2D eigenvalue weighted by Crippen LogP contribution is 2.50. The van der Waals surface area contributed by atoms with Gasteiger partial charge in [-0.1, -0.05) is 12.1 Å². The molecule has 0 bridgehead atoms. The summed E-state index contributed by atoms with van der Waals surface area (Å²) >= 11 is 0. The number of benzene rings is 1. The lowest BCUT2D eigenvalue weighted by atomic mass is 9.75. The second-order valence-corrected chi connectivity index (χ2v) is 9.79. The van der Waals surface area contributed by atoms with E-state index in [9.17, 15) is 9.18 Å². The smallest absolute Gasteiger partial charge is 0.230 e. The van der Waals surface area contributed by atoms with Crippen molar-refractivity contribution in [1.29, 1.82) is 0 Å². The van der Waals surface area contributed by atoms with Gasteiger partial charge in [0, 0.05) is 50.9 Å². The number of rotatable bonds is 6. The molecule has 2 atom stereocenters. The molecule has 3 aliphatic rings. The van der Waals surface area contributed by atoms with Crippen LogP contribution < -0.4 is 0 Å². The normalized spacial score (nSPS) is 27.1. The van der Waals surface area contributed by atoms with Crippen LogP contribution in [0.1, 0.15) is 56.3 Å². The SMILES string of the molecule is CC(C)n1cnc([C@H]2CN(Cc3cccc(F)c3)C[C@]23CCN(CC2CC2)C3=O)c1. The Kier molecular flexibility index (Phi) is 4.92. The first-order valence-corrected chi connectivity index (χ1v) is 11.2. The molecule has 1 aliphatic carbocycles. The topological polar surface area (TPSA) is 41.4 Å². The molecule has 1 saturated carbocycles. The first-order valence-electron chi connectivity index (χ1n) is 11.2. The number of carbonyl (C=O) groups excluding carboxylic acids is 1. The fourth-order valence-electron chi connectivity index (χ4n) is 5.33. The minimum absolute atomic E-state index is 0.0859. The molecule has 0 N–H and O–H groups in total. The summed E-state index contributed by atoms with van der Waals surface area (Å²) in [5, 5.41) is 0. The lowest BCUT2D eigenvalue weighted by molar-refractivity contribution is -0.136. The van der Waals surface area contributed by atoms with Gasteiger partial charge in [-0.2, -0.15) is 0 Å². The molecule has 0 radical (unpaired) electrons. The van der Waals surface area contributed by atoms with Crippen LogP contribution in [0.3, 0.4) is 0 Å². The van der Waals surface area contributed by atoms with E-state index in [0.717, 1.165) is 43.9 Å². The maximum Gasteiger partial charge on any atom is 0.230 e. The second kappa shape index (κ2) is 7.49. The molecule has 5 nitrogen and oxygen atoms in total. The Bertz CT molecular complexity index is 937. The van der Waals surface area contributed by atoms with Crippen LogP contribution in [0.15, 0.2) is 36.8 Å². The highest BCUT2D eigenvalue weighted by molar-refractivity contribution is 5.87. The first-order chi connectivity index (χ1) is 14.4. The zero-order valence-electron chi connectivity index (χ0n) is 17.9. The van der Waals surface area contributed by atoms with Gasteiger partial charge in [-0.3, -0.25) is 9.69 Å². The summed E-state index contributed by atoms with van der Waals surface area (Å²) < 4.78 is 15.8. The van der Waals surface area contributed by atoms with E-state index in [1.807, 2.05) is 12.4 Å². The number of amides is 1. The summed E-state index contributed by atoms with van der Waals surface area (Å²) in [5.41, 5.74) is 1.57. The van der Waals surface area contributed by atoms with E-state index in [2.05, 4.69) is 34.4 Å². The van der Waals surface area contributed by atoms with Crippen molar-refractivity contribution in [2.75, 3.05) is 26.2 Å². The average Bonchev–Trinajstić information content (AvgIpc) is 3.13. The number of aromatic nitrogens is 2. The van der Waals surface area contributed by atoms with Crippen molar-refractivity contribution >= 4 is 5.91 Å². The largest absolute Gasteiger partial charge is 0.342 e. The number of hydrogen-bond donors (Lipinski definition) is 0. The standard InChI is InChI=1S/C24H31FN4O/c1-17(2)29-14-22(26-16-29)21-13-27(11-19-4-3-5-20(25)10-19)15-24(21)8-9-28(23(24)30)12-18-6-7-18/h3-5,10,14,16-18,21H,6-9,11-13,15H2,1-2H3/t21-,24-/m1/s1. The zero-order chi connectivity index (χ0) is 20.9. The van der Waals surface area contributed by atoms with Gasteiger partial charge in [-0.25, -0.2) is 9.37 Å². The highest BCUT2D eigenvalue weighted by Gasteiger charge is 2.58. The van der Waals surface area contributed by atoms with E-state index in [-0.39, 0.29) is 11.7 Å². The van der Waals surface area contributed by atoms with E-state index in [4.69, 9.17) is 4.98 Å². The van der Waals surface area contributed by atoms with Gasteiger partial charge in [-0.05, 0) is 56.7 Å². The van der Waals surface area contributed by atoms with Crippen molar-refractivity contribution in [3.63, 3.8) is 0 Å². The third-order valence-corrected chi connectivity index (χ3v) is 7.20. The van der Waals surface area contributed by atoms with Crippen LogP contribution in [0.4, 0.5) is 4.39 Å². The minimum Gasteiger partial charge on any atom is -0.342 e. The van der Waals surface area contributed by atoms with Crippen molar-refractivity contribution in [3.8, 4) is 0 Å². The van der Waals surface area contributed by atoms with Gasteiger partial charge < -0.3 is 9.47 Å². The van der Waals surface area contributed by atoms with E-state index >= 15 is 0 Å². The van der Waals surface area contributed by atoms with E-state index in [1.54, 1.807) is 12.1 Å². The van der Waals surface area contributed by atoms with Crippen LogP contribution in [0.2, 0.25) is 0 Å². The number of carbonyl (C=O) groups is 1. The van der Waals surface area contributed by atoms with Crippen LogP contribution in [0.25, 0.3) is 0 Å². The average molecular weight is 411 g/mol. The third kappa shape index (κ3) is 3.55. The van der Waals surface area contributed by atoms with Crippen LogP contribution in [0, 0.1) is 17.2 Å². The molecule has 30 heavy (non-hydrogen) atoms. The Hall–Kier alpha value is -2.21. The highest BCUT2D eigenvalue weighted by atomic mass is 19.1. The van der Waals surface area contributed by atoms with Crippen molar-refractivity contribution in [2.45, 2.75) is 51.6 Å². The number of nitrogens with zero attached hydrogens (tertiary/aromatic N) is 4. The molecular weight excluding hydrogens is 379 g/mol. The maximum absolute atomic E-state index is 13.7. The van der Waals surface area contributed by atoms with Gasteiger partial charge in [0.2, 0.25) is 5.91 Å². The molecule has 160 valence electrons. The lowest BCUT2D eigenvalue weighted by Crippen LogP contribution is -2.40. The van der Waals surface area contributed by atoms with E-state index in [0.29, 0.717) is 24.4 Å². The van der Waals surface area contributed by atoms with Crippen molar-refractivity contribution in [3.05, 3.63) is 53.9 Å². The molecule has 2 aliphatic heterocycles.